The van der Waals surface area contributed by atoms with Crippen LogP contribution in [0.2, 0.25) is 0 Å². The van der Waals surface area contributed by atoms with Gasteiger partial charge in [-0.2, -0.15) is 0 Å². The molecule has 22 heavy (non-hydrogen) atoms. The Bertz CT molecular complexity index is 761. The van der Waals surface area contributed by atoms with Gasteiger partial charge < -0.3 is 0 Å². The predicted octanol–water partition coefficient (Wildman–Crippen LogP) is 3.94. The van der Waals surface area contributed by atoms with Gasteiger partial charge in [0.15, 0.2) is 11.6 Å². The van der Waals surface area contributed by atoms with Crippen molar-refractivity contribution < 1.29 is 14.0 Å². The average Bonchev–Trinajstić information content (AvgIpc) is 2.46. The molecule has 2 aromatic rings. The molecule has 0 aliphatic carbocycles. The molecule has 3 nitrogen and oxygen atoms in total. The minimum absolute atomic E-state index is 0.124. The van der Waals surface area contributed by atoms with E-state index in [2.05, 4.69) is 4.98 Å². The van der Waals surface area contributed by atoms with Crippen LogP contribution >= 0.6 is 0 Å². The number of rotatable bonds is 4. The molecule has 0 radical (unpaired) electrons. The summed E-state index contributed by atoms with van der Waals surface area (Å²) < 4.78 is 12.8. The molecular formula is C18H16FNO2. The number of aryl methyl sites for hydroxylation is 2. The van der Waals surface area contributed by atoms with Gasteiger partial charge in [-0.15, -0.1) is 0 Å². The Kier molecular flexibility index (Phi) is 4.61. The van der Waals surface area contributed by atoms with Crippen molar-refractivity contribution in [3.63, 3.8) is 0 Å². The van der Waals surface area contributed by atoms with Crippen molar-refractivity contribution in [2.45, 2.75) is 20.8 Å². The van der Waals surface area contributed by atoms with E-state index in [4.69, 9.17) is 0 Å². The predicted molar refractivity (Wildman–Crippen MR) is 83.5 cm³/mol. The molecule has 1 heterocycles. The van der Waals surface area contributed by atoms with Crippen molar-refractivity contribution >= 4 is 17.6 Å². The quantitative estimate of drug-likeness (QED) is 0.634. The SMILES string of the molecule is CC(=O)c1cc(C(=O)/C=C/c2ccc(F)cc2)c(C)nc1C. The van der Waals surface area contributed by atoms with E-state index in [1.165, 1.54) is 25.1 Å². The van der Waals surface area contributed by atoms with Crippen molar-refractivity contribution in [2.24, 2.45) is 0 Å². The lowest BCUT2D eigenvalue weighted by Gasteiger charge is -2.07. The molecule has 0 bridgehead atoms. The van der Waals surface area contributed by atoms with Crippen molar-refractivity contribution in [2.75, 3.05) is 0 Å². The first-order valence-corrected chi connectivity index (χ1v) is 6.85. The second-order valence-electron chi connectivity index (χ2n) is 5.06. The fourth-order valence-corrected chi connectivity index (χ4v) is 2.17. The first kappa shape index (κ1) is 15.8. The van der Waals surface area contributed by atoms with Crippen LogP contribution in [0.1, 0.15) is 44.6 Å². The minimum atomic E-state index is -0.326. The molecule has 0 atom stereocenters. The Morgan fingerprint density at radius 2 is 1.64 bits per heavy atom. The monoisotopic (exact) mass is 297 g/mol. The Balaban J connectivity index is 2.31. The molecule has 4 heteroatoms. The fraction of sp³-hybridized carbons (Fsp3) is 0.167. The van der Waals surface area contributed by atoms with Crippen molar-refractivity contribution in [1.29, 1.82) is 0 Å². The highest BCUT2D eigenvalue weighted by molar-refractivity contribution is 6.09. The third-order valence-electron chi connectivity index (χ3n) is 3.35. The summed E-state index contributed by atoms with van der Waals surface area (Å²) in [4.78, 5) is 28.1. The van der Waals surface area contributed by atoms with Crippen LogP contribution in [-0.4, -0.2) is 16.6 Å². The molecule has 0 amide bonds. The van der Waals surface area contributed by atoms with Crippen LogP contribution in [0.5, 0.6) is 0 Å². The second-order valence-corrected chi connectivity index (χ2v) is 5.06. The van der Waals surface area contributed by atoms with Gasteiger partial charge >= 0.3 is 0 Å². The molecule has 2 rings (SSSR count). The first-order chi connectivity index (χ1) is 10.4. The van der Waals surface area contributed by atoms with Gasteiger partial charge in [0.1, 0.15) is 5.82 Å². The highest BCUT2D eigenvalue weighted by Gasteiger charge is 2.13. The number of Topliss-reactive ketones (excluding diaryl/α,β-unsaturated/α-hetero) is 1. The van der Waals surface area contributed by atoms with Gasteiger partial charge in [-0.25, -0.2) is 4.39 Å². The Morgan fingerprint density at radius 3 is 2.23 bits per heavy atom. The number of ketones is 2. The van der Waals surface area contributed by atoms with Crippen LogP contribution in [-0.2, 0) is 0 Å². The smallest absolute Gasteiger partial charge is 0.187 e. The summed E-state index contributed by atoms with van der Waals surface area (Å²) in [6.45, 7) is 4.92. The van der Waals surface area contributed by atoms with E-state index in [1.807, 2.05) is 0 Å². The van der Waals surface area contributed by atoms with Crippen molar-refractivity contribution in [3.05, 3.63) is 70.3 Å². The first-order valence-electron chi connectivity index (χ1n) is 6.85. The number of benzene rings is 1. The molecule has 0 saturated heterocycles. The lowest BCUT2D eigenvalue weighted by Crippen LogP contribution is -2.07. The van der Waals surface area contributed by atoms with Crippen LogP contribution in [0.4, 0.5) is 4.39 Å². The zero-order valence-electron chi connectivity index (χ0n) is 12.7. The largest absolute Gasteiger partial charge is 0.294 e. The molecule has 0 N–H and O–H groups in total. The molecule has 0 unspecified atom stereocenters. The normalized spacial score (nSPS) is 10.9. The summed E-state index contributed by atoms with van der Waals surface area (Å²) in [5, 5.41) is 0. The number of hydrogen-bond donors (Lipinski definition) is 0. The fourth-order valence-electron chi connectivity index (χ4n) is 2.17. The third-order valence-corrected chi connectivity index (χ3v) is 3.35. The van der Waals surface area contributed by atoms with E-state index >= 15 is 0 Å². The topological polar surface area (TPSA) is 47.0 Å². The molecule has 0 aliphatic heterocycles. The van der Waals surface area contributed by atoms with Crippen molar-refractivity contribution in [3.8, 4) is 0 Å². The summed E-state index contributed by atoms with van der Waals surface area (Å²) in [6.07, 6.45) is 3.00. The highest BCUT2D eigenvalue weighted by atomic mass is 19.1. The molecule has 1 aromatic heterocycles. The zero-order valence-corrected chi connectivity index (χ0v) is 12.7. The number of halogens is 1. The van der Waals surface area contributed by atoms with Gasteiger partial charge in [0.2, 0.25) is 0 Å². The molecule has 0 fully saturated rings. The number of carbonyl (C=O) groups excluding carboxylic acids is 2. The van der Waals surface area contributed by atoms with E-state index in [9.17, 15) is 14.0 Å². The maximum atomic E-state index is 12.8. The van der Waals surface area contributed by atoms with E-state index in [0.717, 1.165) is 5.56 Å². The number of carbonyl (C=O) groups is 2. The average molecular weight is 297 g/mol. The maximum absolute atomic E-state index is 12.8. The zero-order chi connectivity index (χ0) is 16.3. The molecule has 112 valence electrons. The number of allylic oxidation sites excluding steroid dienone is 1. The van der Waals surface area contributed by atoms with Gasteiger partial charge in [0.05, 0.1) is 0 Å². The summed E-state index contributed by atoms with van der Waals surface area (Å²) >= 11 is 0. The number of nitrogens with zero attached hydrogens (tertiary/aromatic N) is 1. The van der Waals surface area contributed by atoms with Gasteiger partial charge in [0, 0.05) is 22.5 Å². The lowest BCUT2D eigenvalue weighted by molar-refractivity contribution is 0.101. The Labute approximate surface area is 128 Å². The van der Waals surface area contributed by atoms with Crippen LogP contribution < -0.4 is 0 Å². The second kappa shape index (κ2) is 6.43. The summed E-state index contributed by atoms with van der Waals surface area (Å²) in [7, 11) is 0. The van der Waals surface area contributed by atoms with Crippen LogP contribution in [0, 0.1) is 19.7 Å². The third kappa shape index (κ3) is 3.52. The summed E-state index contributed by atoms with van der Waals surface area (Å²) in [5.74, 6) is -0.688. The maximum Gasteiger partial charge on any atom is 0.187 e. The van der Waals surface area contributed by atoms with Crippen molar-refractivity contribution in [1.82, 2.24) is 4.98 Å². The molecular weight excluding hydrogens is 281 g/mol. The molecule has 1 aromatic carbocycles. The lowest BCUT2D eigenvalue weighted by atomic mass is 10.0. The van der Waals surface area contributed by atoms with Gasteiger partial charge in [-0.05, 0) is 50.6 Å². The molecule has 0 aliphatic rings. The summed E-state index contributed by atoms with van der Waals surface area (Å²) in [5.41, 5.74) is 2.76. The van der Waals surface area contributed by atoms with Gasteiger partial charge in [0.25, 0.3) is 0 Å². The summed E-state index contributed by atoms with van der Waals surface area (Å²) in [6, 6.07) is 7.41. The van der Waals surface area contributed by atoms with E-state index in [-0.39, 0.29) is 17.4 Å². The van der Waals surface area contributed by atoms with Crippen LogP contribution in [0.25, 0.3) is 6.08 Å². The van der Waals surface area contributed by atoms with E-state index in [1.54, 1.807) is 38.1 Å². The molecule has 0 saturated carbocycles. The highest BCUT2D eigenvalue weighted by Crippen LogP contribution is 2.15. The van der Waals surface area contributed by atoms with Crippen LogP contribution in [0.3, 0.4) is 0 Å². The number of aromatic nitrogens is 1. The Morgan fingerprint density at radius 1 is 1.05 bits per heavy atom. The van der Waals surface area contributed by atoms with Gasteiger partial charge in [-0.1, -0.05) is 18.2 Å². The number of pyridine rings is 1. The van der Waals surface area contributed by atoms with Crippen LogP contribution in [0.15, 0.2) is 36.4 Å². The minimum Gasteiger partial charge on any atom is -0.294 e. The Hall–Kier alpha value is -2.62. The molecule has 0 spiro atoms. The number of hydrogen-bond acceptors (Lipinski definition) is 3. The van der Waals surface area contributed by atoms with E-state index in [0.29, 0.717) is 22.5 Å². The standard InChI is InChI=1S/C18H16FNO2/c1-11-16(13(3)21)10-17(12(2)20-11)18(22)9-6-14-4-7-15(19)8-5-14/h4-10H,1-3H3/b9-6+. The van der Waals surface area contributed by atoms with Gasteiger partial charge in [-0.3, -0.25) is 14.6 Å². The van der Waals surface area contributed by atoms with E-state index < -0.39 is 0 Å².